The number of fused-ring (bicyclic) bond motifs is 1. The quantitative estimate of drug-likeness (QED) is 0.391. The van der Waals surface area contributed by atoms with Gasteiger partial charge in [0.1, 0.15) is 5.84 Å². The molecular weight excluding hydrogens is 315 g/mol. The molecule has 2 aliphatic rings. The van der Waals surface area contributed by atoms with Crippen molar-refractivity contribution in [2.45, 2.75) is 12.8 Å². The van der Waals surface area contributed by atoms with Crippen LogP contribution in [0.2, 0.25) is 0 Å². The first-order valence-electron chi connectivity index (χ1n) is 6.06. The number of amides is 3. The van der Waals surface area contributed by atoms with E-state index in [-0.39, 0.29) is 43.4 Å². The first-order valence-corrected chi connectivity index (χ1v) is 7.59. The summed E-state index contributed by atoms with van der Waals surface area (Å²) in [6.45, 7) is -0.407. The minimum absolute atomic E-state index is 0.0687. The highest BCUT2D eigenvalue weighted by atomic mass is 31.2. The maximum Gasteiger partial charge on any atom is 0.469 e. The lowest BCUT2D eigenvalue weighted by molar-refractivity contribution is -0.120. The van der Waals surface area contributed by atoms with Crippen molar-refractivity contribution in [1.29, 1.82) is 0 Å². The van der Waals surface area contributed by atoms with Gasteiger partial charge in [-0.3, -0.25) is 9.32 Å². The Labute approximate surface area is 124 Å². The van der Waals surface area contributed by atoms with Crippen LogP contribution in [0, 0.1) is 12.3 Å². The molecule has 0 aliphatic carbocycles. The van der Waals surface area contributed by atoms with E-state index in [2.05, 4.69) is 25.4 Å². The summed E-state index contributed by atoms with van der Waals surface area (Å²) >= 11 is 0. The highest BCUT2D eigenvalue weighted by Crippen LogP contribution is 2.35. The molecule has 2 aliphatic heterocycles. The molecule has 10 nitrogen and oxygen atoms in total. The SMILES string of the molecule is C#CCN1C(=O)N=C2N=C(CCCOP(=O)(O)O)N=C2C1=O. The fraction of sp³-hybridized carbons (Fsp3) is 0.364. The molecule has 2 rings (SSSR count). The fourth-order valence-electron chi connectivity index (χ4n) is 1.72. The number of amidine groups is 2. The van der Waals surface area contributed by atoms with Gasteiger partial charge in [-0.15, -0.1) is 6.42 Å². The number of nitrogens with zero attached hydrogens (tertiary/aromatic N) is 4. The molecule has 2 heterocycles. The maximum absolute atomic E-state index is 12.0. The smallest absolute Gasteiger partial charge is 0.303 e. The molecule has 0 atom stereocenters. The molecule has 0 saturated carbocycles. The minimum Gasteiger partial charge on any atom is -0.303 e. The van der Waals surface area contributed by atoms with Crippen molar-refractivity contribution in [1.82, 2.24) is 4.90 Å². The molecule has 11 heteroatoms. The summed E-state index contributed by atoms with van der Waals surface area (Å²) < 4.78 is 14.8. The van der Waals surface area contributed by atoms with Gasteiger partial charge in [-0.25, -0.2) is 24.2 Å². The summed E-state index contributed by atoms with van der Waals surface area (Å²) in [5.74, 6) is 1.66. The Bertz CT molecular complexity index is 698. The fourth-order valence-corrected chi connectivity index (χ4v) is 2.09. The number of phosphoric ester groups is 1. The zero-order chi connectivity index (χ0) is 16.3. The molecule has 0 unspecified atom stereocenters. The van der Waals surface area contributed by atoms with E-state index in [1.165, 1.54) is 0 Å². The molecule has 0 fully saturated rings. The lowest BCUT2D eigenvalue weighted by Gasteiger charge is -2.18. The number of rotatable bonds is 6. The highest BCUT2D eigenvalue weighted by Gasteiger charge is 2.36. The Hall–Kier alpha value is -2.18. The number of hydrogen-bond acceptors (Lipinski definition) is 6. The third-order valence-electron chi connectivity index (χ3n) is 2.62. The number of aliphatic imine (C=N–C) groups is 3. The van der Waals surface area contributed by atoms with E-state index < -0.39 is 19.8 Å². The Morgan fingerprint density at radius 1 is 1.27 bits per heavy atom. The standard InChI is InChI=1S/C11H11N4O6P/c1-2-5-15-10(16)8-9(14-11(15)17)13-7(12-8)4-3-6-21-22(18,19)20/h1H,3-6H2,(H2,18,19,20). The van der Waals surface area contributed by atoms with Crippen LogP contribution in [-0.2, 0) is 13.9 Å². The second-order valence-electron chi connectivity index (χ2n) is 4.23. The van der Waals surface area contributed by atoms with E-state index in [9.17, 15) is 14.2 Å². The van der Waals surface area contributed by atoms with Crippen LogP contribution in [0.3, 0.4) is 0 Å². The zero-order valence-electron chi connectivity index (χ0n) is 11.2. The lowest BCUT2D eigenvalue weighted by Crippen LogP contribution is -2.46. The van der Waals surface area contributed by atoms with E-state index in [0.29, 0.717) is 0 Å². The van der Waals surface area contributed by atoms with E-state index in [1.807, 2.05) is 0 Å². The van der Waals surface area contributed by atoms with Gasteiger partial charge in [-0.05, 0) is 6.42 Å². The van der Waals surface area contributed by atoms with Crippen LogP contribution >= 0.6 is 7.82 Å². The molecule has 22 heavy (non-hydrogen) atoms. The van der Waals surface area contributed by atoms with Crippen molar-refractivity contribution in [2.75, 3.05) is 13.2 Å². The summed E-state index contributed by atoms with van der Waals surface area (Å²) in [5, 5.41) is 0. The average molecular weight is 326 g/mol. The van der Waals surface area contributed by atoms with Crippen LogP contribution in [0.4, 0.5) is 4.79 Å². The third-order valence-corrected chi connectivity index (χ3v) is 3.14. The van der Waals surface area contributed by atoms with Crippen molar-refractivity contribution in [3.63, 3.8) is 0 Å². The van der Waals surface area contributed by atoms with Crippen LogP contribution < -0.4 is 0 Å². The summed E-state index contributed by atoms with van der Waals surface area (Å²) in [4.78, 5) is 53.0. The Kier molecular flexibility index (Phi) is 4.63. The molecule has 3 amide bonds. The van der Waals surface area contributed by atoms with Gasteiger partial charge < -0.3 is 9.79 Å². The zero-order valence-corrected chi connectivity index (χ0v) is 12.1. The molecule has 0 aromatic heterocycles. The Morgan fingerprint density at radius 2 is 2.00 bits per heavy atom. The predicted molar refractivity (Wildman–Crippen MR) is 75.5 cm³/mol. The van der Waals surface area contributed by atoms with Crippen molar-refractivity contribution < 1.29 is 28.5 Å². The number of carbonyl (C=O) groups excluding carboxylic acids is 2. The van der Waals surface area contributed by atoms with Crippen molar-refractivity contribution >= 4 is 37.1 Å². The number of imide groups is 1. The highest BCUT2D eigenvalue weighted by molar-refractivity contribution is 7.46. The van der Waals surface area contributed by atoms with Crippen molar-refractivity contribution in [3.05, 3.63) is 0 Å². The molecule has 0 saturated heterocycles. The molecule has 0 bridgehead atoms. The molecule has 0 aromatic rings. The van der Waals surface area contributed by atoms with Crippen LogP contribution in [-0.4, -0.2) is 57.2 Å². The molecular formula is C11H11N4O6P. The number of terminal acetylenes is 1. The first-order chi connectivity index (χ1) is 10.3. The largest absolute Gasteiger partial charge is 0.469 e. The Morgan fingerprint density at radius 3 is 2.64 bits per heavy atom. The van der Waals surface area contributed by atoms with E-state index in [0.717, 1.165) is 4.90 Å². The Balaban J connectivity index is 2.01. The van der Waals surface area contributed by atoms with Gasteiger partial charge in [-0.2, -0.15) is 4.99 Å². The molecule has 116 valence electrons. The number of carbonyl (C=O) groups is 2. The maximum atomic E-state index is 12.0. The number of phosphoric acid groups is 1. The van der Waals surface area contributed by atoms with Crippen LogP contribution in [0.1, 0.15) is 12.8 Å². The normalized spacial score (nSPS) is 17.7. The predicted octanol–water partition coefficient (Wildman–Crippen LogP) is -0.277. The van der Waals surface area contributed by atoms with Gasteiger partial charge >= 0.3 is 13.9 Å². The van der Waals surface area contributed by atoms with Gasteiger partial charge in [0, 0.05) is 6.42 Å². The summed E-state index contributed by atoms with van der Waals surface area (Å²) in [7, 11) is -4.51. The second kappa shape index (κ2) is 6.29. The van der Waals surface area contributed by atoms with Crippen molar-refractivity contribution in [3.8, 4) is 12.3 Å². The number of hydrogen-bond donors (Lipinski definition) is 2. The molecule has 0 aromatic carbocycles. The van der Waals surface area contributed by atoms with Gasteiger partial charge in [0.15, 0.2) is 11.5 Å². The summed E-state index contributed by atoms with van der Waals surface area (Å²) in [6.07, 6.45) is 5.51. The third kappa shape index (κ3) is 3.72. The van der Waals surface area contributed by atoms with Crippen LogP contribution in [0.15, 0.2) is 15.0 Å². The van der Waals surface area contributed by atoms with Crippen LogP contribution in [0.25, 0.3) is 0 Å². The molecule has 0 radical (unpaired) electrons. The van der Waals surface area contributed by atoms with Gasteiger partial charge in [0.05, 0.1) is 13.2 Å². The monoisotopic (exact) mass is 326 g/mol. The van der Waals surface area contributed by atoms with E-state index in [1.54, 1.807) is 0 Å². The first kappa shape index (κ1) is 16.2. The summed E-state index contributed by atoms with van der Waals surface area (Å²) in [6, 6.07) is -0.799. The molecule has 2 N–H and O–H groups in total. The van der Waals surface area contributed by atoms with E-state index in [4.69, 9.17) is 16.2 Å². The van der Waals surface area contributed by atoms with Gasteiger partial charge in [-0.1, -0.05) is 5.92 Å². The van der Waals surface area contributed by atoms with Gasteiger partial charge in [0.25, 0.3) is 5.91 Å². The van der Waals surface area contributed by atoms with Gasteiger partial charge in [0.2, 0.25) is 0 Å². The molecule has 0 spiro atoms. The van der Waals surface area contributed by atoms with E-state index >= 15 is 0 Å². The number of urea groups is 1. The minimum atomic E-state index is -4.51. The van der Waals surface area contributed by atoms with Crippen molar-refractivity contribution in [2.24, 2.45) is 15.0 Å². The summed E-state index contributed by atoms with van der Waals surface area (Å²) in [5.41, 5.74) is -0.0687. The topological polar surface area (TPSA) is 141 Å². The van der Waals surface area contributed by atoms with Crippen LogP contribution in [0.5, 0.6) is 0 Å². The second-order valence-corrected chi connectivity index (χ2v) is 5.47. The average Bonchev–Trinajstić information content (AvgIpc) is 2.81. The lowest BCUT2D eigenvalue weighted by atomic mass is 10.2.